The van der Waals surface area contributed by atoms with Gasteiger partial charge in [-0.05, 0) is 44.5 Å². The summed E-state index contributed by atoms with van der Waals surface area (Å²) in [4.78, 5) is 16.3. The van der Waals surface area contributed by atoms with Gasteiger partial charge in [-0.2, -0.15) is 4.52 Å². The Kier molecular flexibility index (Phi) is 4.71. The van der Waals surface area contributed by atoms with Crippen LogP contribution in [0.5, 0.6) is 0 Å². The van der Waals surface area contributed by atoms with Crippen LogP contribution in [0.3, 0.4) is 0 Å². The number of benzene rings is 1. The number of aromatic nitrogens is 5. The van der Waals surface area contributed by atoms with Gasteiger partial charge in [0.05, 0.1) is 17.7 Å². The predicted molar refractivity (Wildman–Crippen MR) is 117 cm³/mol. The van der Waals surface area contributed by atoms with Gasteiger partial charge in [-0.15, -0.1) is 5.10 Å². The fraction of sp³-hybridized carbons (Fsp3) is 0.364. The second-order valence-electron chi connectivity index (χ2n) is 7.89. The molecule has 2 atom stereocenters. The van der Waals surface area contributed by atoms with Crippen LogP contribution in [-0.2, 0) is 11.3 Å². The fourth-order valence-electron chi connectivity index (χ4n) is 4.03. The quantitative estimate of drug-likeness (QED) is 0.560. The highest BCUT2D eigenvalue weighted by molar-refractivity contribution is 5.92. The molecule has 4 heterocycles. The molecule has 3 aromatic heterocycles. The summed E-state index contributed by atoms with van der Waals surface area (Å²) in [5, 5.41) is 8.90. The summed E-state index contributed by atoms with van der Waals surface area (Å²) in [6.07, 6.45) is 2.34. The summed E-state index contributed by atoms with van der Waals surface area (Å²) >= 11 is 0. The zero-order valence-electron chi connectivity index (χ0n) is 17.4. The van der Waals surface area contributed by atoms with Crippen molar-refractivity contribution in [1.82, 2.24) is 24.6 Å². The Bertz CT molecular complexity index is 1180. The molecule has 1 aromatic carbocycles. The number of pyridine rings is 1. The van der Waals surface area contributed by atoms with E-state index in [1.807, 2.05) is 37.4 Å². The molecule has 1 N–H and O–H groups in total. The number of fused-ring (bicyclic) bond motifs is 3. The van der Waals surface area contributed by atoms with Gasteiger partial charge in [0, 0.05) is 31.2 Å². The average Bonchev–Trinajstić information content (AvgIpc) is 3.13. The Morgan fingerprint density at radius 1 is 1.07 bits per heavy atom. The van der Waals surface area contributed by atoms with Crippen molar-refractivity contribution in [3.63, 3.8) is 0 Å². The third-order valence-electron chi connectivity index (χ3n) is 5.29. The van der Waals surface area contributed by atoms with E-state index in [4.69, 9.17) is 9.72 Å². The van der Waals surface area contributed by atoms with Crippen molar-refractivity contribution >= 4 is 28.3 Å². The highest BCUT2D eigenvalue weighted by atomic mass is 16.5. The van der Waals surface area contributed by atoms with Gasteiger partial charge in [0.1, 0.15) is 11.6 Å². The zero-order valence-corrected chi connectivity index (χ0v) is 17.4. The molecule has 154 valence electrons. The first-order valence-electron chi connectivity index (χ1n) is 10.3. The van der Waals surface area contributed by atoms with E-state index in [-0.39, 0.29) is 12.2 Å². The van der Waals surface area contributed by atoms with Crippen molar-refractivity contribution in [2.24, 2.45) is 0 Å². The Labute approximate surface area is 174 Å². The molecule has 0 aliphatic carbocycles. The summed E-state index contributed by atoms with van der Waals surface area (Å²) in [6, 6.07) is 12.2. The number of anilines is 2. The molecule has 1 fully saturated rings. The van der Waals surface area contributed by atoms with E-state index in [2.05, 4.69) is 51.3 Å². The molecule has 30 heavy (non-hydrogen) atoms. The van der Waals surface area contributed by atoms with Crippen LogP contribution in [0.4, 0.5) is 11.8 Å². The molecular formula is C22H25N7O. The number of nitrogens with one attached hydrogen (secondary N) is 1. The summed E-state index contributed by atoms with van der Waals surface area (Å²) in [5.74, 6) is 2.37. The number of rotatable bonds is 4. The maximum absolute atomic E-state index is 5.82. The van der Waals surface area contributed by atoms with E-state index in [0.29, 0.717) is 12.5 Å². The normalized spacial score (nSPS) is 19.5. The fourth-order valence-corrected chi connectivity index (χ4v) is 4.03. The van der Waals surface area contributed by atoms with Crippen LogP contribution in [0.1, 0.15) is 25.2 Å². The van der Waals surface area contributed by atoms with Gasteiger partial charge in [-0.3, -0.25) is 0 Å². The first-order valence-corrected chi connectivity index (χ1v) is 10.3. The second-order valence-corrected chi connectivity index (χ2v) is 7.89. The molecule has 1 saturated heterocycles. The van der Waals surface area contributed by atoms with E-state index in [1.165, 1.54) is 0 Å². The standard InChI is InChI=1S/C22H25N7O/c1-14-12-28(13-15(2)30-14)20-9-8-17(10-23-20)11-24-22-26-19-7-5-4-6-18(19)21-25-16(3)27-29(21)22/h4-10,14-15H,11-13H2,1-3H3,(H,24,26). The van der Waals surface area contributed by atoms with E-state index in [9.17, 15) is 0 Å². The number of morpholine rings is 1. The maximum atomic E-state index is 5.82. The predicted octanol–water partition coefficient (Wildman–Crippen LogP) is 3.21. The molecule has 4 aromatic rings. The SMILES string of the molecule is Cc1nc2c3ccccc3nc(NCc3ccc(N4CC(C)OC(C)C4)nc3)n2n1. The van der Waals surface area contributed by atoms with Crippen molar-refractivity contribution in [3.05, 3.63) is 54.0 Å². The summed E-state index contributed by atoms with van der Waals surface area (Å²) in [7, 11) is 0. The molecule has 0 spiro atoms. The largest absolute Gasteiger partial charge is 0.372 e. The van der Waals surface area contributed by atoms with Gasteiger partial charge < -0.3 is 15.0 Å². The molecule has 0 saturated carbocycles. The molecule has 5 rings (SSSR count). The summed E-state index contributed by atoms with van der Waals surface area (Å²) in [6.45, 7) is 8.41. The average molecular weight is 403 g/mol. The first kappa shape index (κ1) is 18.7. The number of ether oxygens (including phenoxy) is 1. The summed E-state index contributed by atoms with van der Waals surface area (Å²) in [5.41, 5.74) is 2.78. The third kappa shape index (κ3) is 3.54. The van der Waals surface area contributed by atoms with Gasteiger partial charge >= 0.3 is 0 Å². The summed E-state index contributed by atoms with van der Waals surface area (Å²) < 4.78 is 7.59. The molecule has 0 bridgehead atoms. The lowest BCUT2D eigenvalue weighted by molar-refractivity contribution is -0.00545. The Morgan fingerprint density at radius 2 is 1.87 bits per heavy atom. The van der Waals surface area contributed by atoms with Crippen LogP contribution in [0.15, 0.2) is 42.6 Å². The van der Waals surface area contributed by atoms with Crippen molar-refractivity contribution in [1.29, 1.82) is 0 Å². The van der Waals surface area contributed by atoms with Crippen molar-refractivity contribution in [2.75, 3.05) is 23.3 Å². The van der Waals surface area contributed by atoms with Crippen molar-refractivity contribution < 1.29 is 4.74 Å². The Morgan fingerprint density at radius 3 is 2.63 bits per heavy atom. The number of aryl methyl sites for hydroxylation is 1. The minimum Gasteiger partial charge on any atom is -0.372 e. The van der Waals surface area contributed by atoms with Gasteiger partial charge in [0.15, 0.2) is 5.65 Å². The topological polar surface area (TPSA) is 80.5 Å². The van der Waals surface area contributed by atoms with Crippen LogP contribution in [0, 0.1) is 6.92 Å². The monoisotopic (exact) mass is 403 g/mol. The molecular weight excluding hydrogens is 378 g/mol. The lowest BCUT2D eigenvalue weighted by Crippen LogP contribution is -2.45. The van der Waals surface area contributed by atoms with Crippen molar-refractivity contribution in [2.45, 2.75) is 39.5 Å². The van der Waals surface area contributed by atoms with Crippen LogP contribution in [0.2, 0.25) is 0 Å². The van der Waals surface area contributed by atoms with E-state index in [1.54, 1.807) is 4.52 Å². The smallest absolute Gasteiger partial charge is 0.226 e. The van der Waals surface area contributed by atoms with Crippen LogP contribution >= 0.6 is 0 Å². The molecule has 0 radical (unpaired) electrons. The first-order chi connectivity index (χ1) is 14.6. The third-order valence-corrected chi connectivity index (χ3v) is 5.29. The molecule has 0 amide bonds. The lowest BCUT2D eigenvalue weighted by atomic mass is 10.2. The highest BCUT2D eigenvalue weighted by Crippen LogP contribution is 2.22. The number of nitrogens with zero attached hydrogens (tertiary/aromatic N) is 6. The minimum atomic E-state index is 0.212. The van der Waals surface area contributed by atoms with E-state index >= 15 is 0 Å². The van der Waals surface area contributed by atoms with Gasteiger partial charge in [0.25, 0.3) is 0 Å². The van der Waals surface area contributed by atoms with E-state index < -0.39 is 0 Å². The van der Waals surface area contributed by atoms with Crippen LogP contribution in [-0.4, -0.2) is 49.9 Å². The highest BCUT2D eigenvalue weighted by Gasteiger charge is 2.23. The zero-order chi connectivity index (χ0) is 20.7. The number of hydrogen-bond acceptors (Lipinski definition) is 7. The van der Waals surface area contributed by atoms with E-state index in [0.717, 1.165) is 46.8 Å². The number of hydrogen-bond donors (Lipinski definition) is 1. The molecule has 8 heteroatoms. The lowest BCUT2D eigenvalue weighted by Gasteiger charge is -2.36. The minimum absolute atomic E-state index is 0.212. The van der Waals surface area contributed by atoms with Gasteiger partial charge in [0.2, 0.25) is 5.95 Å². The van der Waals surface area contributed by atoms with Crippen LogP contribution < -0.4 is 10.2 Å². The second kappa shape index (κ2) is 7.53. The van der Waals surface area contributed by atoms with Crippen molar-refractivity contribution in [3.8, 4) is 0 Å². The number of para-hydroxylation sites is 1. The van der Waals surface area contributed by atoms with Crippen LogP contribution in [0.25, 0.3) is 16.6 Å². The maximum Gasteiger partial charge on any atom is 0.226 e. The molecule has 1 aliphatic rings. The Hall–Kier alpha value is -3.26. The Balaban J connectivity index is 1.36. The van der Waals surface area contributed by atoms with Gasteiger partial charge in [-0.25, -0.2) is 15.0 Å². The molecule has 2 unspecified atom stereocenters. The van der Waals surface area contributed by atoms with Gasteiger partial charge in [-0.1, -0.05) is 18.2 Å². The molecule has 1 aliphatic heterocycles. The molecule has 8 nitrogen and oxygen atoms in total.